The molecule has 0 aliphatic heterocycles. The Morgan fingerprint density at radius 2 is 1.39 bits per heavy atom. The predicted molar refractivity (Wildman–Crippen MR) is 93.4 cm³/mol. The van der Waals surface area contributed by atoms with E-state index < -0.39 is 14.7 Å². The Morgan fingerprint density at radius 3 is 1.83 bits per heavy atom. The van der Waals surface area contributed by atoms with Crippen molar-refractivity contribution >= 4 is 18.9 Å². The van der Waals surface area contributed by atoms with Gasteiger partial charge in [-0.3, -0.25) is 0 Å². The maximum Gasteiger partial charge on any atom is 0.407 e. The van der Waals surface area contributed by atoms with E-state index in [1.165, 1.54) is 0 Å². The van der Waals surface area contributed by atoms with Crippen LogP contribution < -0.4 is 10.4 Å². The van der Waals surface area contributed by atoms with Crippen LogP contribution in [0.25, 0.3) is 0 Å². The molecule has 4 nitrogen and oxygen atoms in total. The molecule has 0 aliphatic rings. The second-order valence-electron chi connectivity index (χ2n) is 5.35. The zero-order chi connectivity index (χ0) is 16.5. The summed E-state index contributed by atoms with van der Waals surface area (Å²) >= 11 is 0. The molecule has 0 fully saturated rings. The molecule has 1 unspecified atom stereocenters. The number of hydrogen-bond acceptors (Lipinski definition) is 4. The number of methoxy groups -OCH3 is 1. The highest BCUT2D eigenvalue weighted by molar-refractivity contribution is 6.92. The van der Waals surface area contributed by atoms with Gasteiger partial charge in [-0.2, -0.15) is 0 Å². The van der Waals surface area contributed by atoms with Crippen molar-refractivity contribution in [1.82, 2.24) is 0 Å². The van der Waals surface area contributed by atoms with Gasteiger partial charge < -0.3 is 18.7 Å². The quantitative estimate of drug-likeness (QED) is 0.555. The molecule has 23 heavy (non-hydrogen) atoms. The van der Waals surface area contributed by atoms with Crippen molar-refractivity contribution in [1.29, 1.82) is 0 Å². The Kier molecular flexibility index (Phi) is 6.95. The van der Waals surface area contributed by atoms with Crippen molar-refractivity contribution in [2.45, 2.75) is 13.0 Å². The van der Waals surface area contributed by atoms with Crippen LogP contribution in [0.15, 0.2) is 60.7 Å². The van der Waals surface area contributed by atoms with Crippen LogP contribution in [0.4, 0.5) is 0 Å². The molecule has 1 N–H and O–H groups in total. The summed E-state index contributed by atoms with van der Waals surface area (Å²) in [5, 5.41) is 11.7. The highest BCUT2D eigenvalue weighted by atomic mass is 28.4. The van der Waals surface area contributed by atoms with E-state index in [-0.39, 0.29) is 6.61 Å². The Morgan fingerprint density at radius 1 is 0.870 bits per heavy atom. The number of aliphatic hydroxyl groups excluding tert-OH is 1. The molecular formula is C18H24O4Si. The molecule has 0 saturated carbocycles. The minimum atomic E-state index is -2.89. The molecule has 0 aromatic heterocycles. The number of ether oxygens (including phenoxy) is 1. The third-order valence-electron chi connectivity index (χ3n) is 3.43. The van der Waals surface area contributed by atoms with Gasteiger partial charge in [-0.05, 0) is 17.3 Å². The summed E-state index contributed by atoms with van der Waals surface area (Å²) in [6, 6.07) is 19.9. The molecule has 0 saturated heterocycles. The van der Waals surface area contributed by atoms with E-state index >= 15 is 0 Å². The molecule has 124 valence electrons. The van der Waals surface area contributed by atoms with Gasteiger partial charge in [-0.15, -0.1) is 0 Å². The number of benzene rings is 2. The van der Waals surface area contributed by atoms with Gasteiger partial charge in [0.1, 0.15) is 0 Å². The van der Waals surface area contributed by atoms with Crippen molar-refractivity contribution in [3.8, 4) is 0 Å². The van der Waals surface area contributed by atoms with Crippen molar-refractivity contribution in [3.63, 3.8) is 0 Å². The molecule has 0 aliphatic carbocycles. The van der Waals surface area contributed by atoms with Gasteiger partial charge in [-0.25, -0.2) is 0 Å². The van der Waals surface area contributed by atoms with Gasteiger partial charge in [0.2, 0.25) is 0 Å². The normalized spacial score (nSPS) is 13.0. The second-order valence-corrected chi connectivity index (χ2v) is 8.32. The van der Waals surface area contributed by atoms with Crippen LogP contribution in [-0.2, 0) is 13.6 Å². The van der Waals surface area contributed by atoms with Crippen LogP contribution in [0, 0.1) is 0 Å². The molecule has 5 heteroatoms. The predicted octanol–water partition coefficient (Wildman–Crippen LogP) is 1.30. The summed E-state index contributed by atoms with van der Waals surface area (Å²) < 4.78 is 17.6. The topological polar surface area (TPSA) is 47.9 Å². The maximum absolute atomic E-state index is 9.70. The molecule has 0 radical (unpaired) electrons. The van der Waals surface area contributed by atoms with E-state index in [1.807, 2.05) is 60.7 Å². The van der Waals surface area contributed by atoms with Crippen LogP contribution >= 0.6 is 0 Å². The van der Waals surface area contributed by atoms with Gasteiger partial charge in [0.25, 0.3) is 0 Å². The summed E-state index contributed by atoms with van der Waals surface area (Å²) in [7, 11) is -1.24. The lowest BCUT2D eigenvalue weighted by Crippen LogP contribution is -2.64. The fourth-order valence-corrected chi connectivity index (χ4v) is 5.56. The van der Waals surface area contributed by atoms with Crippen molar-refractivity contribution < 1.29 is 18.7 Å². The first-order chi connectivity index (χ1) is 11.2. The molecule has 2 aromatic carbocycles. The lowest BCUT2D eigenvalue weighted by molar-refractivity contribution is 0.0817. The summed E-state index contributed by atoms with van der Waals surface area (Å²) in [6.45, 7) is 2.87. The fraction of sp³-hybridized carbons (Fsp3) is 0.333. The molecular weight excluding hydrogens is 308 g/mol. The minimum absolute atomic E-state index is 0.225. The van der Waals surface area contributed by atoms with Crippen LogP contribution in [0.1, 0.15) is 6.92 Å². The van der Waals surface area contributed by atoms with E-state index in [0.717, 1.165) is 10.4 Å². The summed E-state index contributed by atoms with van der Waals surface area (Å²) in [6.07, 6.45) is -0.555. The third-order valence-corrected chi connectivity index (χ3v) is 6.80. The Hall–Kier alpha value is -1.50. The van der Waals surface area contributed by atoms with Crippen LogP contribution in [-0.4, -0.2) is 46.7 Å². The third kappa shape index (κ3) is 4.73. The first kappa shape index (κ1) is 17.8. The fourth-order valence-electron chi connectivity index (χ4n) is 2.36. The monoisotopic (exact) mass is 332 g/mol. The Balaban J connectivity index is 2.43. The smallest absolute Gasteiger partial charge is 0.391 e. The molecule has 0 spiro atoms. The summed E-state index contributed by atoms with van der Waals surface area (Å²) in [4.78, 5) is 0. The van der Waals surface area contributed by atoms with Gasteiger partial charge >= 0.3 is 8.56 Å². The number of rotatable bonds is 9. The summed E-state index contributed by atoms with van der Waals surface area (Å²) in [5.74, 6) is 0. The second kappa shape index (κ2) is 8.96. The molecule has 2 rings (SSSR count). The first-order valence-electron chi connectivity index (χ1n) is 7.75. The van der Waals surface area contributed by atoms with Gasteiger partial charge in [0, 0.05) is 7.11 Å². The van der Waals surface area contributed by atoms with E-state index in [0.29, 0.717) is 13.2 Å². The average molecular weight is 332 g/mol. The van der Waals surface area contributed by atoms with Gasteiger partial charge in [-0.1, -0.05) is 60.7 Å². The van der Waals surface area contributed by atoms with Crippen LogP contribution in [0.5, 0.6) is 0 Å². The molecule has 1 atom stereocenters. The summed E-state index contributed by atoms with van der Waals surface area (Å²) in [5.41, 5.74) is 0. The SMILES string of the molecule is COCCO[Si](OCC(C)O)(c1ccccc1)c1ccccc1. The van der Waals surface area contributed by atoms with E-state index in [9.17, 15) is 5.11 Å². The zero-order valence-electron chi connectivity index (χ0n) is 13.6. The van der Waals surface area contributed by atoms with E-state index in [4.69, 9.17) is 13.6 Å². The van der Waals surface area contributed by atoms with Crippen molar-refractivity contribution in [2.75, 3.05) is 26.9 Å². The van der Waals surface area contributed by atoms with Gasteiger partial charge in [0.05, 0.1) is 25.9 Å². The van der Waals surface area contributed by atoms with Gasteiger partial charge in [0.15, 0.2) is 0 Å². The molecule has 2 aromatic rings. The maximum atomic E-state index is 9.70. The average Bonchev–Trinajstić information content (AvgIpc) is 2.59. The number of aliphatic hydroxyl groups is 1. The van der Waals surface area contributed by atoms with Crippen molar-refractivity contribution in [2.24, 2.45) is 0 Å². The first-order valence-corrected chi connectivity index (χ1v) is 9.56. The molecule has 0 heterocycles. The van der Waals surface area contributed by atoms with E-state index in [2.05, 4.69) is 0 Å². The lowest BCUT2D eigenvalue weighted by Gasteiger charge is -2.32. The van der Waals surface area contributed by atoms with Crippen LogP contribution in [0.3, 0.4) is 0 Å². The van der Waals surface area contributed by atoms with Crippen molar-refractivity contribution in [3.05, 3.63) is 60.7 Å². The zero-order valence-corrected chi connectivity index (χ0v) is 14.6. The lowest BCUT2D eigenvalue weighted by atomic mass is 10.4. The standard InChI is InChI=1S/C18H24O4Si/c1-16(19)15-22-23(21-14-13-20-2,17-9-5-3-6-10-17)18-11-7-4-8-12-18/h3-12,16,19H,13-15H2,1-2H3. The molecule has 0 amide bonds. The van der Waals surface area contributed by atoms with E-state index in [1.54, 1.807) is 14.0 Å². The molecule has 0 bridgehead atoms. The Labute approximate surface area is 138 Å². The number of hydrogen-bond donors (Lipinski definition) is 1. The largest absolute Gasteiger partial charge is 0.407 e. The highest BCUT2D eigenvalue weighted by Crippen LogP contribution is 2.11. The Bertz CT molecular complexity index is 520. The minimum Gasteiger partial charge on any atom is -0.391 e. The highest BCUT2D eigenvalue weighted by Gasteiger charge is 2.42. The van der Waals surface area contributed by atoms with Crippen LogP contribution in [0.2, 0.25) is 0 Å².